The molecule has 1 aliphatic heterocycles. The number of nitrogens with zero attached hydrogens (tertiary/aromatic N) is 2. The minimum absolute atomic E-state index is 0.431. The monoisotopic (exact) mass is 111 g/mol. The molecule has 1 rings (SSSR count). The van der Waals surface area contributed by atoms with E-state index in [9.17, 15) is 0 Å². The SMILES string of the molecule is CC1N=[C]N(C)C1C. The van der Waals surface area contributed by atoms with Gasteiger partial charge in [-0.3, -0.25) is 4.99 Å². The quantitative estimate of drug-likeness (QED) is 0.447. The molecular weight excluding hydrogens is 100 g/mol. The number of hydrogen-bond donors (Lipinski definition) is 0. The van der Waals surface area contributed by atoms with E-state index in [1.165, 1.54) is 0 Å². The van der Waals surface area contributed by atoms with Gasteiger partial charge in [-0.05, 0) is 13.8 Å². The van der Waals surface area contributed by atoms with Gasteiger partial charge in [0.25, 0.3) is 0 Å². The van der Waals surface area contributed by atoms with E-state index in [1.807, 2.05) is 11.9 Å². The standard InChI is InChI=1S/C6H11N2/c1-5-6(2)8(3)4-7-5/h5-6H,1-3H3. The van der Waals surface area contributed by atoms with Gasteiger partial charge in [0.1, 0.15) is 0 Å². The lowest BCUT2D eigenvalue weighted by atomic mass is 10.2. The minimum atomic E-state index is 0.431. The Morgan fingerprint density at radius 3 is 2.25 bits per heavy atom. The van der Waals surface area contributed by atoms with Gasteiger partial charge in [-0.15, -0.1) is 0 Å². The van der Waals surface area contributed by atoms with E-state index in [0.717, 1.165) is 0 Å². The summed E-state index contributed by atoms with van der Waals surface area (Å²) >= 11 is 0. The van der Waals surface area contributed by atoms with Crippen LogP contribution < -0.4 is 0 Å². The van der Waals surface area contributed by atoms with Crippen LogP contribution in [0.15, 0.2) is 4.99 Å². The van der Waals surface area contributed by atoms with Crippen molar-refractivity contribution in [2.24, 2.45) is 4.99 Å². The highest BCUT2D eigenvalue weighted by Gasteiger charge is 2.19. The van der Waals surface area contributed by atoms with E-state index in [2.05, 4.69) is 25.2 Å². The van der Waals surface area contributed by atoms with Crippen molar-refractivity contribution in [2.75, 3.05) is 7.05 Å². The molecule has 1 radical (unpaired) electrons. The fraction of sp³-hybridized carbons (Fsp3) is 0.833. The van der Waals surface area contributed by atoms with E-state index >= 15 is 0 Å². The molecule has 0 aromatic rings. The number of aliphatic imine (C=N–C) groups is 1. The number of rotatable bonds is 0. The molecule has 0 N–H and O–H groups in total. The topological polar surface area (TPSA) is 15.6 Å². The number of likely N-dealkylation sites (N-methyl/N-ethyl adjacent to an activating group) is 1. The van der Waals surface area contributed by atoms with Crippen molar-refractivity contribution in [3.05, 3.63) is 0 Å². The van der Waals surface area contributed by atoms with Crippen LogP contribution in [0.25, 0.3) is 0 Å². The molecule has 0 fully saturated rings. The molecule has 0 saturated heterocycles. The predicted molar refractivity (Wildman–Crippen MR) is 34.1 cm³/mol. The molecule has 1 heterocycles. The zero-order valence-corrected chi connectivity index (χ0v) is 5.55. The number of hydrogen-bond acceptors (Lipinski definition) is 2. The van der Waals surface area contributed by atoms with Crippen LogP contribution in [0.4, 0.5) is 0 Å². The Morgan fingerprint density at radius 2 is 2.12 bits per heavy atom. The van der Waals surface area contributed by atoms with E-state index in [4.69, 9.17) is 0 Å². The lowest BCUT2D eigenvalue weighted by Gasteiger charge is -2.15. The maximum atomic E-state index is 4.07. The van der Waals surface area contributed by atoms with Crippen LogP contribution in [0, 0.1) is 0 Å². The Balaban J connectivity index is 2.55. The van der Waals surface area contributed by atoms with Crippen LogP contribution in [-0.4, -0.2) is 30.4 Å². The molecule has 45 valence electrons. The van der Waals surface area contributed by atoms with Gasteiger partial charge in [-0.25, -0.2) is 0 Å². The summed E-state index contributed by atoms with van der Waals surface area (Å²) in [4.78, 5) is 6.08. The van der Waals surface area contributed by atoms with Crippen molar-refractivity contribution in [1.82, 2.24) is 4.90 Å². The van der Waals surface area contributed by atoms with E-state index in [1.54, 1.807) is 0 Å². The molecule has 0 aromatic heterocycles. The fourth-order valence-electron chi connectivity index (χ4n) is 0.705. The molecule has 0 bridgehead atoms. The van der Waals surface area contributed by atoms with Crippen molar-refractivity contribution >= 4 is 6.34 Å². The average Bonchev–Trinajstić information content (AvgIpc) is 1.98. The first-order chi connectivity index (χ1) is 3.72. The van der Waals surface area contributed by atoms with Crippen LogP contribution >= 0.6 is 0 Å². The molecule has 2 nitrogen and oxygen atoms in total. The second-order valence-corrected chi connectivity index (χ2v) is 2.32. The minimum Gasteiger partial charge on any atom is -0.352 e. The third kappa shape index (κ3) is 0.703. The fourth-order valence-corrected chi connectivity index (χ4v) is 0.705. The van der Waals surface area contributed by atoms with Gasteiger partial charge in [0.15, 0.2) is 6.34 Å². The van der Waals surface area contributed by atoms with E-state index in [-0.39, 0.29) is 0 Å². The van der Waals surface area contributed by atoms with E-state index < -0.39 is 0 Å². The Morgan fingerprint density at radius 1 is 1.50 bits per heavy atom. The van der Waals surface area contributed by atoms with Crippen molar-refractivity contribution < 1.29 is 0 Å². The van der Waals surface area contributed by atoms with Crippen molar-refractivity contribution in [1.29, 1.82) is 0 Å². The third-order valence-electron chi connectivity index (χ3n) is 1.73. The Labute approximate surface area is 50.2 Å². The maximum Gasteiger partial charge on any atom is 0.167 e. The molecule has 0 aromatic carbocycles. The summed E-state index contributed by atoms with van der Waals surface area (Å²) in [6.07, 6.45) is 2.88. The van der Waals surface area contributed by atoms with Gasteiger partial charge in [-0.2, -0.15) is 0 Å². The van der Waals surface area contributed by atoms with Gasteiger partial charge >= 0.3 is 0 Å². The third-order valence-corrected chi connectivity index (χ3v) is 1.73. The molecule has 0 aliphatic carbocycles. The first kappa shape index (κ1) is 5.60. The first-order valence-corrected chi connectivity index (χ1v) is 2.90. The highest BCUT2D eigenvalue weighted by molar-refractivity contribution is 5.58. The van der Waals surface area contributed by atoms with Crippen LogP contribution in [0.2, 0.25) is 0 Å². The molecule has 0 saturated carbocycles. The molecule has 2 unspecified atom stereocenters. The van der Waals surface area contributed by atoms with Crippen LogP contribution in [0.3, 0.4) is 0 Å². The second kappa shape index (κ2) is 1.77. The Hall–Kier alpha value is -0.530. The summed E-state index contributed by atoms with van der Waals surface area (Å²) in [7, 11) is 2.00. The van der Waals surface area contributed by atoms with Crippen LogP contribution in [0.5, 0.6) is 0 Å². The highest BCUT2D eigenvalue weighted by atomic mass is 15.2. The molecule has 8 heavy (non-hydrogen) atoms. The highest BCUT2D eigenvalue weighted by Crippen LogP contribution is 2.08. The molecule has 2 atom stereocenters. The van der Waals surface area contributed by atoms with Crippen molar-refractivity contribution in [2.45, 2.75) is 25.9 Å². The van der Waals surface area contributed by atoms with Crippen molar-refractivity contribution in [3.8, 4) is 0 Å². The van der Waals surface area contributed by atoms with Gasteiger partial charge in [-0.1, -0.05) is 0 Å². The lowest BCUT2D eigenvalue weighted by molar-refractivity contribution is 0.393. The van der Waals surface area contributed by atoms with Crippen LogP contribution in [0.1, 0.15) is 13.8 Å². The largest absolute Gasteiger partial charge is 0.352 e. The summed E-state index contributed by atoms with van der Waals surface area (Å²) < 4.78 is 0. The van der Waals surface area contributed by atoms with Crippen molar-refractivity contribution in [3.63, 3.8) is 0 Å². The summed E-state index contributed by atoms with van der Waals surface area (Å²) in [5, 5.41) is 0. The van der Waals surface area contributed by atoms with E-state index in [0.29, 0.717) is 12.1 Å². The van der Waals surface area contributed by atoms with Gasteiger partial charge in [0.05, 0.1) is 6.04 Å². The summed E-state index contributed by atoms with van der Waals surface area (Å²) in [6.45, 7) is 4.25. The summed E-state index contributed by atoms with van der Waals surface area (Å²) in [6, 6.07) is 0.968. The molecule has 0 amide bonds. The lowest BCUT2D eigenvalue weighted by Crippen LogP contribution is -2.28. The Kier molecular flexibility index (Phi) is 1.24. The first-order valence-electron chi connectivity index (χ1n) is 2.90. The normalized spacial score (nSPS) is 36.6. The van der Waals surface area contributed by atoms with Crippen LogP contribution in [-0.2, 0) is 0 Å². The smallest absolute Gasteiger partial charge is 0.167 e. The molecular formula is C6H11N2. The second-order valence-electron chi connectivity index (χ2n) is 2.32. The zero-order valence-electron chi connectivity index (χ0n) is 5.55. The maximum absolute atomic E-state index is 4.07. The molecule has 2 heteroatoms. The summed E-state index contributed by atoms with van der Waals surface area (Å²) in [5.74, 6) is 0. The van der Waals surface area contributed by atoms with Gasteiger partial charge < -0.3 is 4.90 Å². The van der Waals surface area contributed by atoms with Gasteiger partial charge in [0, 0.05) is 13.1 Å². The van der Waals surface area contributed by atoms with Gasteiger partial charge in [0.2, 0.25) is 0 Å². The average molecular weight is 111 g/mol. The Bertz CT molecular complexity index is 97.1. The zero-order chi connectivity index (χ0) is 6.15. The summed E-state index contributed by atoms with van der Waals surface area (Å²) in [5.41, 5.74) is 0. The molecule has 0 spiro atoms. The molecule has 1 aliphatic rings. The predicted octanol–water partition coefficient (Wildman–Crippen LogP) is 0.614.